The van der Waals surface area contributed by atoms with E-state index in [1.165, 1.54) is 36.4 Å². The molecule has 0 spiro atoms. The second-order valence-electron chi connectivity index (χ2n) is 5.44. The van der Waals surface area contributed by atoms with Crippen molar-refractivity contribution in [2.24, 2.45) is 0 Å². The van der Waals surface area contributed by atoms with E-state index < -0.39 is 29.8 Å². The molecule has 0 fully saturated rings. The quantitative estimate of drug-likeness (QED) is 0.768. The fourth-order valence-corrected chi connectivity index (χ4v) is 2.60. The lowest BCUT2D eigenvalue weighted by molar-refractivity contribution is -0.127. The van der Waals surface area contributed by atoms with Crippen LogP contribution in [0.3, 0.4) is 0 Å². The maximum Gasteiger partial charge on any atom is 0.393 e. The average molecular weight is 348 g/mol. The maximum absolute atomic E-state index is 12.8. The Kier molecular flexibility index (Phi) is 4.08. The minimum atomic E-state index is -4.37. The molecular weight excluding hydrogens is 337 g/mol. The number of alkyl halides is 3. The van der Waals surface area contributed by atoms with E-state index in [0.717, 1.165) is 6.07 Å². The smallest absolute Gasteiger partial charge is 0.393 e. The molecule has 4 nitrogen and oxygen atoms in total. The van der Waals surface area contributed by atoms with Crippen molar-refractivity contribution in [3.05, 3.63) is 70.1 Å². The number of aromatic carboxylic acids is 1. The van der Waals surface area contributed by atoms with Gasteiger partial charge in [0.1, 0.15) is 5.58 Å². The lowest BCUT2D eigenvalue weighted by Crippen LogP contribution is -2.12. The number of hydrogen-bond acceptors (Lipinski definition) is 3. The molecule has 1 N–H and O–H groups in total. The van der Waals surface area contributed by atoms with Crippen molar-refractivity contribution in [3.63, 3.8) is 0 Å². The number of carbonyl (C=O) groups is 1. The largest absolute Gasteiger partial charge is 0.475 e. The molecule has 128 valence electrons. The van der Waals surface area contributed by atoms with Crippen LogP contribution >= 0.6 is 0 Å². The zero-order chi connectivity index (χ0) is 18.2. The van der Waals surface area contributed by atoms with Gasteiger partial charge in [-0.15, -0.1) is 0 Å². The summed E-state index contributed by atoms with van der Waals surface area (Å²) >= 11 is 0. The Morgan fingerprint density at radius 2 is 1.80 bits per heavy atom. The third kappa shape index (κ3) is 3.55. The molecule has 0 radical (unpaired) electrons. The molecule has 7 heteroatoms. The molecule has 25 heavy (non-hydrogen) atoms. The molecule has 0 saturated carbocycles. The molecular formula is C18H11F3O4. The van der Waals surface area contributed by atoms with E-state index in [1.807, 2.05) is 0 Å². The third-order valence-electron chi connectivity index (χ3n) is 3.66. The average Bonchev–Trinajstić information content (AvgIpc) is 2.53. The Balaban J connectivity index is 2.17. The van der Waals surface area contributed by atoms with Crippen LogP contribution in [0.4, 0.5) is 13.2 Å². The van der Waals surface area contributed by atoms with Gasteiger partial charge in [-0.1, -0.05) is 30.3 Å². The highest BCUT2D eigenvalue weighted by Crippen LogP contribution is 2.31. The normalized spacial score (nSPS) is 11.6. The van der Waals surface area contributed by atoms with Gasteiger partial charge >= 0.3 is 12.1 Å². The van der Waals surface area contributed by atoms with E-state index in [1.54, 1.807) is 6.07 Å². The lowest BCUT2D eigenvalue weighted by atomic mass is 9.97. The SMILES string of the molecule is O=C(O)c1cc(=O)c2ccc(-c3ccccc3CC(F)(F)F)cc2o1. The summed E-state index contributed by atoms with van der Waals surface area (Å²) in [5, 5.41) is 9.12. The molecule has 2 aromatic carbocycles. The fourth-order valence-electron chi connectivity index (χ4n) is 2.60. The molecule has 0 saturated heterocycles. The van der Waals surface area contributed by atoms with Gasteiger partial charge in [-0.3, -0.25) is 4.79 Å². The van der Waals surface area contributed by atoms with Crippen LogP contribution in [-0.2, 0) is 6.42 Å². The standard InChI is InChI=1S/C18H11F3O4/c19-18(20,21)9-11-3-1-2-4-12(11)10-5-6-13-14(22)8-16(17(23)24)25-15(13)7-10/h1-8H,9H2,(H,23,24). The molecule has 1 heterocycles. The van der Waals surface area contributed by atoms with Crippen LogP contribution in [0, 0.1) is 0 Å². The van der Waals surface area contributed by atoms with Crippen LogP contribution in [0.25, 0.3) is 22.1 Å². The summed E-state index contributed by atoms with van der Waals surface area (Å²) in [5.41, 5.74) is 0.284. The first-order chi connectivity index (χ1) is 11.7. The summed E-state index contributed by atoms with van der Waals surface area (Å²) in [6, 6.07) is 11.2. The van der Waals surface area contributed by atoms with Crippen LogP contribution < -0.4 is 5.43 Å². The predicted octanol–water partition coefficient (Wildman–Crippen LogP) is 4.26. The van der Waals surface area contributed by atoms with Crippen molar-refractivity contribution >= 4 is 16.9 Å². The number of carboxylic acid groups (broad SMARTS) is 1. The second-order valence-corrected chi connectivity index (χ2v) is 5.44. The number of benzene rings is 2. The van der Waals surface area contributed by atoms with Crippen molar-refractivity contribution in [3.8, 4) is 11.1 Å². The van der Waals surface area contributed by atoms with Crippen molar-refractivity contribution in [1.29, 1.82) is 0 Å². The van der Waals surface area contributed by atoms with Gasteiger partial charge in [-0.2, -0.15) is 13.2 Å². The van der Waals surface area contributed by atoms with E-state index >= 15 is 0 Å². The van der Waals surface area contributed by atoms with Gasteiger partial charge < -0.3 is 9.52 Å². The van der Waals surface area contributed by atoms with Gasteiger partial charge in [0.05, 0.1) is 11.8 Å². The maximum atomic E-state index is 12.8. The van der Waals surface area contributed by atoms with Crippen LogP contribution in [0.5, 0.6) is 0 Å². The van der Waals surface area contributed by atoms with Gasteiger partial charge in [-0.05, 0) is 28.8 Å². The van der Waals surface area contributed by atoms with Crippen molar-refractivity contribution in [1.82, 2.24) is 0 Å². The minimum Gasteiger partial charge on any atom is -0.475 e. The summed E-state index contributed by atoms with van der Waals surface area (Å²) in [7, 11) is 0. The van der Waals surface area contributed by atoms with E-state index in [-0.39, 0.29) is 16.5 Å². The molecule has 0 aliphatic heterocycles. The number of hydrogen-bond donors (Lipinski definition) is 1. The van der Waals surface area contributed by atoms with Crippen LogP contribution in [0.15, 0.2) is 57.7 Å². The molecule has 0 atom stereocenters. The van der Waals surface area contributed by atoms with Gasteiger partial charge in [0.15, 0.2) is 5.43 Å². The number of halogens is 3. The van der Waals surface area contributed by atoms with Gasteiger partial charge in [0.25, 0.3) is 0 Å². The molecule has 0 bridgehead atoms. The van der Waals surface area contributed by atoms with Gasteiger partial charge in [0, 0.05) is 6.07 Å². The first-order valence-corrected chi connectivity index (χ1v) is 7.21. The summed E-state index contributed by atoms with van der Waals surface area (Å²) in [5.74, 6) is -1.93. The molecule has 3 aromatic rings. The van der Waals surface area contributed by atoms with Gasteiger partial charge in [0.2, 0.25) is 5.76 Å². The van der Waals surface area contributed by atoms with Crippen molar-refractivity contribution < 1.29 is 27.5 Å². The Morgan fingerprint density at radius 1 is 1.08 bits per heavy atom. The topological polar surface area (TPSA) is 67.5 Å². The molecule has 3 rings (SSSR count). The highest BCUT2D eigenvalue weighted by molar-refractivity contribution is 5.89. The third-order valence-corrected chi connectivity index (χ3v) is 3.66. The van der Waals surface area contributed by atoms with Gasteiger partial charge in [-0.25, -0.2) is 4.79 Å². The predicted molar refractivity (Wildman–Crippen MR) is 84.6 cm³/mol. The highest BCUT2D eigenvalue weighted by Gasteiger charge is 2.29. The Bertz CT molecular complexity index is 1020. The molecule has 0 unspecified atom stereocenters. The monoisotopic (exact) mass is 348 g/mol. The first kappa shape index (κ1) is 16.8. The number of carboxylic acids is 1. The summed E-state index contributed by atoms with van der Waals surface area (Å²) < 4.78 is 43.5. The van der Waals surface area contributed by atoms with E-state index in [0.29, 0.717) is 11.1 Å². The zero-order valence-corrected chi connectivity index (χ0v) is 12.6. The van der Waals surface area contributed by atoms with E-state index in [9.17, 15) is 22.8 Å². The lowest BCUT2D eigenvalue weighted by Gasteiger charge is -2.12. The van der Waals surface area contributed by atoms with Crippen molar-refractivity contribution in [2.75, 3.05) is 0 Å². The summed E-state index contributed by atoms with van der Waals surface area (Å²) in [4.78, 5) is 22.9. The zero-order valence-electron chi connectivity index (χ0n) is 12.6. The number of fused-ring (bicyclic) bond motifs is 1. The van der Waals surface area contributed by atoms with E-state index in [2.05, 4.69) is 0 Å². The molecule has 0 amide bonds. The fraction of sp³-hybridized carbons (Fsp3) is 0.111. The minimum absolute atomic E-state index is 0.00390. The Morgan fingerprint density at radius 3 is 2.48 bits per heavy atom. The second kappa shape index (κ2) is 6.08. The number of rotatable bonds is 3. The summed E-state index contributed by atoms with van der Waals surface area (Å²) in [6.45, 7) is 0. The highest BCUT2D eigenvalue weighted by atomic mass is 19.4. The van der Waals surface area contributed by atoms with Crippen LogP contribution in [-0.4, -0.2) is 17.3 Å². The Hall–Kier alpha value is -3.09. The van der Waals surface area contributed by atoms with E-state index in [4.69, 9.17) is 9.52 Å². The first-order valence-electron chi connectivity index (χ1n) is 7.21. The molecule has 1 aromatic heterocycles. The van der Waals surface area contributed by atoms with Crippen LogP contribution in [0.1, 0.15) is 16.1 Å². The summed E-state index contributed by atoms with van der Waals surface area (Å²) in [6.07, 6.45) is -5.46. The van der Waals surface area contributed by atoms with Crippen LogP contribution in [0.2, 0.25) is 0 Å². The van der Waals surface area contributed by atoms with Crippen molar-refractivity contribution in [2.45, 2.75) is 12.6 Å². The molecule has 0 aliphatic rings. The Labute approximate surface area is 139 Å². The molecule has 0 aliphatic carbocycles.